The van der Waals surface area contributed by atoms with Crippen molar-refractivity contribution in [2.75, 3.05) is 22.0 Å². The average molecular weight is 382 g/mol. The predicted molar refractivity (Wildman–Crippen MR) is 97.0 cm³/mol. The molecule has 0 atom stereocenters. The van der Waals surface area contributed by atoms with Crippen LogP contribution < -0.4 is 10.0 Å². The van der Waals surface area contributed by atoms with Gasteiger partial charge < -0.3 is 5.32 Å². The highest BCUT2D eigenvalue weighted by atomic mass is 32.2. The Kier molecular flexibility index (Phi) is 5.48. The van der Waals surface area contributed by atoms with Gasteiger partial charge in [-0.2, -0.15) is 0 Å². The number of sulfone groups is 1. The minimum Gasteiger partial charge on any atom is -0.322 e. The van der Waals surface area contributed by atoms with Crippen LogP contribution in [0.2, 0.25) is 0 Å². The first-order valence-electron chi connectivity index (χ1n) is 7.33. The quantitative estimate of drug-likeness (QED) is 0.795. The number of carbonyl (C=O) groups excluding carboxylic acids is 1. The largest absolute Gasteiger partial charge is 0.322 e. The van der Waals surface area contributed by atoms with Gasteiger partial charge in [-0.1, -0.05) is 6.07 Å². The predicted octanol–water partition coefficient (Wildman–Crippen LogP) is 2.10. The molecule has 0 aromatic heterocycles. The SMILES string of the molecule is CCS(=O)(=O)Nc1ccc(NC(=O)c2cccc(S(C)(=O)=O)c2)cc1. The summed E-state index contributed by atoms with van der Waals surface area (Å²) in [6.45, 7) is 1.53. The van der Waals surface area contributed by atoms with E-state index in [9.17, 15) is 21.6 Å². The van der Waals surface area contributed by atoms with Gasteiger partial charge >= 0.3 is 0 Å². The number of nitrogens with one attached hydrogen (secondary N) is 2. The van der Waals surface area contributed by atoms with Gasteiger partial charge in [0.15, 0.2) is 9.84 Å². The van der Waals surface area contributed by atoms with Crippen LogP contribution in [0.25, 0.3) is 0 Å². The van der Waals surface area contributed by atoms with Crippen LogP contribution in [0.4, 0.5) is 11.4 Å². The zero-order valence-electron chi connectivity index (χ0n) is 13.7. The van der Waals surface area contributed by atoms with Crippen LogP contribution in [-0.4, -0.2) is 34.8 Å². The lowest BCUT2D eigenvalue weighted by Gasteiger charge is -2.09. The van der Waals surface area contributed by atoms with E-state index in [-0.39, 0.29) is 16.2 Å². The van der Waals surface area contributed by atoms with Gasteiger partial charge in [0, 0.05) is 23.2 Å². The molecule has 25 heavy (non-hydrogen) atoms. The molecule has 134 valence electrons. The first-order valence-corrected chi connectivity index (χ1v) is 10.9. The molecular formula is C16H18N2O5S2. The smallest absolute Gasteiger partial charge is 0.255 e. The number of rotatable bonds is 6. The van der Waals surface area contributed by atoms with Gasteiger partial charge in [-0.3, -0.25) is 9.52 Å². The van der Waals surface area contributed by atoms with E-state index < -0.39 is 25.8 Å². The molecule has 0 heterocycles. The highest BCUT2D eigenvalue weighted by Gasteiger charge is 2.12. The van der Waals surface area contributed by atoms with Gasteiger partial charge in [-0.25, -0.2) is 16.8 Å². The number of hydrogen-bond acceptors (Lipinski definition) is 5. The molecule has 7 nitrogen and oxygen atoms in total. The number of sulfonamides is 1. The zero-order chi connectivity index (χ0) is 18.7. The molecule has 0 unspecified atom stereocenters. The van der Waals surface area contributed by atoms with Crippen LogP contribution in [0.1, 0.15) is 17.3 Å². The van der Waals surface area contributed by atoms with Crippen molar-refractivity contribution in [3.63, 3.8) is 0 Å². The number of carbonyl (C=O) groups is 1. The van der Waals surface area contributed by atoms with E-state index in [0.717, 1.165) is 6.26 Å². The highest BCUT2D eigenvalue weighted by Crippen LogP contribution is 2.17. The molecule has 0 bridgehead atoms. The van der Waals surface area contributed by atoms with E-state index in [0.29, 0.717) is 11.4 Å². The van der Waals surface area contributed by atoms with Crippen LogP contribution in [0, 0.1) is 0 Å². The fraction of sp³-hybridized carbons (Fsp3) is 0.188. The van der Waals surface area contributed by atoms with Gasteiger partial charge in [-0.05, 0) is 49.4 Å². The molecule has 2 aromatic rings. The molecule has 0 radical (unpaired) electrons. The topological polar surface area (TPSA) is 109 Å². The maximum absolute atomic E-state index is 12.2. The Hall–Kier alpha value is -2.39. The summed E-state index contributed by atoms with van der Waals surface area (Å²) in [7, 11) is -6.77. The Morgan fingerprint density at radius 2 is 1.56 bits per heavy atom. The minimum atomic E-state index is -3.40. The van der Waals surface area contributed by atoms with E-state index in [4.69, 9.17) is 0 Å². The molecule has 0 aliphatic rings. The molecule has 2 rings (SSSR count). The number of hydrogen-bond donors (Lipinski definition) is 2. The Balaban J connectivity index is 2.14. The van der Waals surface area contributed by atoms with Crippen LogP contribution in [0.3, 0.4) is 0 Å². The number of amides is 1. The standard InChI is InChI=1S/C16H18N2O5S2/c1-3-25(22,23)18-14-9-7-13(8-10-14)17-16(19)12-5-4-6-15(11-12)24(2,20)21/h4-11,18H,3H2,1-2H3,(H,17,19). The number of benzene rings is 2. The van der Waals surface area contributed by atoms with E-state index in [1.54, 1.807) is 12.1 Å². The van der Waals surface area contributed by atoms with Crippen molar-refractivity contribution in [3.8, 4) is 0 Å². The van der Waals surface area contributed by atoms with Gasteiger partial charge in [-0.15, -0.1) is 0 Å². The maximum atomic E-state index is 12.2. The Labute approximate surface area is 147 Å². The lowest BCUT2D eigenvalue weighted by molar-refractivity contribution is 0.102. The van der Waals surface area contributed by atoms with Crippen molar-refractivity contribution in [1.29, 1.82) is 0 Å². The summed E-state index contributed by atoms with van der Waals surface area (Å²) in [5.41, 5.74) is 1.05. The van der Waals surface area contributed by atoms with Crippen molar-refractivity contribution in [2.24, 2.45) is 0 Å². The monoisotopic (exact) mass is 382 g/mol. The Bertz CT molecular complexity index is 981. The summed E-state index contributed by atoms with van der Waals surface area (Å²) < 4.78 is 48.5. The third-order valence-corrected chi connectivity index (χ3v) is 5.74. The molecule has 2 N–H and O–H groups in total. The van der Waals surface area contributed by atoms with Gasteiger partial charge in [0.05, 0.1) is 10.6 Å². The zero-order valence-corrected chi connectivity index (χ0v) is 15.3. The highest BCUT2D eigenvalue weighted by molar-refractivity contribution is 7.92. The Morgan fingerprint density at radius 3 is 2.12 bits per heavy atom. The van der Waals surface area contributed by atoms with Crippen LogP contribution in [-0.2, 0) is 19.9 Å². The van der Waals surface area contributed by atoms with Crippen molar-refractivity contribution in [2.45, 2.75) is 11.8 Å². The third-order valence-electron chi connectivity index (χ3n) is 3.32. The molecule has 9 heteroatoms. The first-order chi connectivity index (χ1) is 11.6. The molecular weight excluding hydrogens is 364 g/mol. The first kappa shape index (κ1) is 18.9. The summed E-state index contributed by atoms with van der Waals surface area (Å²) in [5, 5.41) is 2.63. The molecule has 1 amide bonds. The van der Waals surface area contributed by atoms with Gasteiger partial charge in [0.25, 0.3) is 5.91 Å². The summed E-state index contributed by atoms with van der Waals surface area (Å²) in [5.74, 6) is -0.505. The average Bonchev–Trinajstić information content (AvgIpc) is 2.56. The van der Waals surface area contributed by atoms with E-state index >= 15 is 0 Å². The van der Waals surface area contributed by atoms with Crippen LogP contribution in [0.15, 0.2) is 53.4 Å². The summed E-state index contributed by atoms with van der Waals surface area (Å²) in [4.78, 5) is 12.3. The summed E-state index contributed by atoms with van der Waals surface area (Å²) >= 11 is 0. The van der Waals surface area contributed by atoms with E-state index in [1.807, 2.05) is 0 Å². The molecule has 0 saturated carbocycles. The molecule has 2 aromatic carbocycles. The molecule has 0 fully saturated rings. The van der Waals surface area contributed by atoms with Crippen LogP contribution >= 0.6 is 0 Å². The number of anilines is 2. The summed E-state index contributed by atoms with van der Waals surface area (Å²) in [6.07, 6.45) is 1.07. The fourth-order valence-electron chi connectivity index (χ4n) is 1.94. The third kappa shape index (κ3) is 5.30. The second-order valence-corrected chi connectivity index (χ2v) is 9.36. The van der Waals surface area contributed by atoms with Gasteiger partial charge in [0.2, 0.25) is 10.0 Å². The molecule has 0 aliphatic carbocycles. The molecule has 0 spiro atoms. The van der Waals surface area contributed by atoms with Gasteiger partial charge in [0.1, 0.15) is 0 Å². The van der Waals surface area contributed by atoms with E-state index in [1.165, 1.54) is 43.3 Å². The molecule has 0 aliphatic heterocycles. The van der Waals surface area contributed by atoms with Crippen molar-refractivity contribution in [3.05, 3.63) is 54.1 Å². The lowest BCUT2D eigenvalue weighted by atomic mass is 10.2. The normalized spacial score (nSPS) is 11.8. The van der Waals surface area contributed by atoms with Crippen molar-refractivity contribution in [1.82, 2.24) is 0 Å². The fourth-order valence-corrected chi connectivity index (χ4v) is 3.25. The maximum Gasteiger partial charge on any atom is 0.255 e. The van der Waals surface area contributed by atoms with Crippen molar-refractivity contribution < 1.29 is 21.6 Å². The second-order valence-electron chi connectivity index (χ2n) is 5.34. The van der Waals surface area contributed by atoms with Crippen molar-refractivity contribution >= 4 is 37.1 Å². The lowest BCUT2D eigenvalue weighted by Crippen LogP contribution is -2.15. The van der Waals surface area contributed by atoms with Crippen LogP contribution in [0.5, 0.6) is 0 Å². The Morgan fingerprint density at radius 1 is 0.960 bits per heavy atom. The second kappa shape index (κ2) is 7.24. The summed E-state index contributed by atoms with van der Waals surface area (Å²) in [6, 6.07) is 11.9. The minimum absolute atomic E-state index is 0.0395. The van der Waals surface area contributed by atoms with E-state index in [2.05, 4.69) is 10.0 Å². The molecule has 0 saturated heterocycles.